The molecule has 8 heteroatoms. The highest BCUT2D eigenvalue weighted by atomic mass is 32.1. The molecule has 1 aliphatic heterocycles. The molecule has 1 saturated heterocycles. The summed E-state index contributed by atoms with van der Waals surface area (Å²) in [6, 6.07) is 16.2. The summed E-state index contributed by atoms with van der Waals surface area (Å²) in [6.45, 7) is 0.162. The van der Waals surface area contributed by atoms with Crippen molar-refractivity contribution in [2.75, 3.05) is 31.2 Å². The van der Waals surface area contributed by atoms with Gasteiger partial charge in [-0.2, -0.15) is 8.78 Å². The van der Waals surface area contributed by atoms with Gasteiger partial charge >= 0.3 is 6.61 Å². The molecule has 0 spiro atoms. The Balaban J connectivity index is 1.61. The summed E-state index contributed by atoms with van der Waals surface area (Å²) in [5, 5.41) is 0.939. The molecule has 0 bridgehead atoms. The highest BCUT2D eigenvalue weighted by Crippen LogP contribution is 2.33. The Labute approximate surface area is 171 Å². The van der Waals surface area contributed by atoms with Crippen LogP contribution < -0.4 is 9.64 Å². The number of thiazole rings is 1. The molecule has 1 fully saturated rings. The minimum Gasteiger partial charge on any atom is -0.435 e. The zero-order valence-corrected chi connectivity index (χ0v) is 16.3. The number of benzene rings is 2. The second kappa shape index (κ2) is 9.11. The third-order valence-corrected chi connectivity index (χ3v) is 5.41. The molecule has 1 aromatic heterocycles. The van der Waals surface area contributed by atoms with Crippen LogP contribution >= 0.6 is 11.3 Å². The molecule has 29 heavy (non-hydrogen) atoms. The Morgan fingerprint density at radius 1 is 1.07 bits per heavy atom. The first-order valence-corrected chi connectivity index (χ1v) is 9.98. The fraction of sp³-hybridized carbons (Fsp3) is 0.238. The molecule has 1 aliphatic rings. The quantitative estimate of drug-likeness (QED) is 0.532. The Hall–Kier alpha value is -2.84. The second-order valence-electron chi connectivity index (χ2n) is 6.31. The normalized spacial score (nSPS) is 14.7. The molecule has 3 aromatic rings. The van der Waals surface area contributed by atoms with Crippen molar-refractivity contribution in [3.8, 4) is 17.0 Å². The average Bonchev–Trinajstić information content (AvgIpc) is 3.18. The van der Waals surface area contributed by atoms with Crippen LogP contribution in [0, 0.1) is 0 Å². The van der Waals surface area contributed by atoms with Crippen LogP contribution in [0.4, 0.5) is 19.6 Å². The van der Waals surface area contributed by atoms with Gasteiger partial charge in [0.05, 0.1) is 29.5 Å². The van der Waals surface area contributed by atoms with Gasteiger partial charge in [0.25, 0.3) is 0 Å². The standard InChI is InChI=1S/C21H19F2N3O2S/c22-20(23)28-17-8-6-16(7-9-17)24-14-18-19(15-4-2-1-3-5-15)25-21(29-18)26-10-12-27-13-11-26/h1-9,14,20H,10-13H2. The van der Waals surface area contributed by atoms with E-state index in [0.29, 0.717) is 18.9 Å². The lowest BCUT2D eigenvalue weighted by Gasteiger charge is -2.26. The van der Waals surface area contributed by atoms with E-state index in [-0.39, 0.29) is 5.75 Å². The van der Waals surface area contributed by atoms with Gasteiger partial charge in [0, 0.05) is 24.9 Å². The van der Waals surface area contributed by atoms with E-state index in [9.17, 15) is 8.78 Å². The topological polar surface area (TPSA) is 47.0 Å². The Kier molecular flexibility index (Phi) is 6.12. The average molecular weight is 415 g/mol. The lowest BCUT2D eigenvalue weighted by molar-refractivity contribution is -0.0498. The molecular weight excluding hydrogens is 396 g/mol. The third-order valence-electron chi connectivity index (χ3n) is 4.36. The molecule has 2 aromatic carbocycles. The number of rotatable bonds is 6. The number of morpholine rings is 1. The van der Waals surface area contributed by atoms with E-state index in [0.717, 1.165) is 34.4 Å². The van der Waals surface area contributed by atoms with Gasteiger partial charge in [-0.15, -0.1) is 0 Å². The first-order chi connectivity index (χ1) is 14.2. The van der Waals surface area contributed by atoms with Crippen LogP contribution in [0.15, 0.2) is 59.6 Å². The van der Waals surface area contributed by atoms with Crippen molar-refractivity contribution in [2.24, 2.45) is 4.99 Å². The van der Waals surface area contributed by atoms with Gasteiger partial charge in [-0.1, -0.05) is 41.7 Å². The molecule has 0 radical (unpaired) electrons. The maximum atomic E-state index is 12.3. The van der Waals surface area contributed by atoms with Crippen molar-refractivity contribution < 1.29 is 18.3 Å². The fourth-order valence-corrected chi connectivity index (χ4v) is 3.96. The van der Waals surface area contributed by atoms with Gasteiger partial charge in [-0.3, -0.25) is 4.99 Å². The number of alkyl halides is 2. The van der Waals surface area contributed by atoms with Crippen molar-refractivity contribution >= 4 is 28.4 Å². The summed E-state index contributed by atoms with van der Waals surface area (Å²) < 4.78 is 34.4. The lowest BCUT2D eigenvalue weighted by atomic mass is 10.1. The lowest BCUT2D eigenvalue weighted by Crippen LogP contribution is -2.36. The number of nitrogens with zero attached hydrogens (tertiary/aromatic N) is 3. The van der Waals surface area contributed by atoms with Crippen LogP contribution in [0.3, 0.4) is 0 Å². The van der Waals surface area contributed by atoms with E-state index < -0.39 is 6.61 Å². The van der Waals surface area contributed by atoms with Crippen LogP contribution in [0.1, 0.15) is 4.88 Å². The molecule has 150 valence electrons. The first kappa shape index (κ1) is 19.5. The van der Waals surface area contributed by atoms with Gasteiger partial charge < -0.3 is 14.4 Å². The number of anilines is 1. The summed E-state index contributed by atoms with van der Waals surface area (Å²) in [6.07, 6.45) is 1.77. The van der Waals surface area contributed by atoms with Crippen LogP contribution in [-0.4, -0.2) is 44.1 Å². The third kappa shape index (κ3) is 4.96. The Morgan fingerprint density at radius 3 is 2.48 bits per heavy atom. The van der Waals surface area contributed by atoms with Gasteiger partial charge in [0.2, 0.25) is 0 Å². The molecular formula is C21H19F2N3O2S. The maximum Gasteiger partial charge on any atom is 0.387 e. The SMILES string of the molecule is FC(F)Oc1ccc(N=Cc2sc(N3CCOCC3)nc2-c2ccccc2)cc1. The highest BCUT2D eigenvalue weighted by molar-refractivity contribution is 7.17. The predicted octanol–water partition coefficient (Wildman–Crippen LogP) is 5.00. The minimum absolute atomic E-state index is 0.108. The molecule has 0 atom stereocenters. The number of aromatic nitrogens is 1. The van der Waals surface area contributed by atoms with Crippen LogP contribution in [0.25, 0.3) is 11.3 Å². The highest BCUT2D eigenvalue weighted by Gasteiger charge is 2.18. The molecule has 2 heterocycles. The smallest absolute Gasteiger partial charge is 0.387 e. The summed E-state index contributed by atoms with van der Waals surface area (Å²) in [4.78, 5) is 12.5. The number of hydrogen-bond donors (Lipinski definition) is 0. The van der Waals surface area contributed by atoms with Crippen LogP contribution in [0.2, 0.25) is 0 Å². The van der Waals surface area contributed by atoms with Gasteiger partial charge in [-0.25, -0.2) is 4.98 Å². The zero-order valence-electron chi connectivity index (χ0n) is 15.5. The summed E-state index contributed by atoms with van der Waals surface area (Å²) in [5.41, 5.74) is 2.54. The van der Waals surface area contributed by atoms with E-state index in [1.165, 1.54) is 12.1 Å². The molecule has 0 unspecified atom stereocenters. The minimum atomic E-state index is -2.84. The maximum absolute atomic E-state index is 12.3. The number of halogens is 2. The summed E-state index contributed by atoms with van der Waals surface area (Å²) in [5.74, 6) is 0.108. The van der Waals surface area contributed by atoms with Gasteiger partial charge in [0.15, 0.2) is 5.13 Å². The van der Waals surface area contributed by atoms with E-state index in [2.05, 4.69) is 14.6 Å². The van der Waals surface area contributed by atoms with Crippen molar-refractivity contribution in [3.63, 3.8) is 0 Å². The molecule has 0 saturated carbocycles. The predicted molar refractivity (Wildman–Crippen MR) is 111 cm³/mol. The number of hydrogen-bond acceptors (Lipinski definition) is 6. The molecule has 0 aliphatic carbocycles. The monoisotopic (exact) mass is 415 g/mol. The van der Waals surface area contributed by atoms with Crippen molar-refractivity contribution in [3.05, 3.63) is 59.5 Å². The second-order valence-corrected chi connectivity index (χ2v) is 7.31. The van der Waals surface area contributed by atoms with Crippen molar-refractivity contribution in [2.45, 2.75) is 6.61 Å². The van der Waals surface area contributed by atoms with E-state index in [4.69, 9.17) is 9.72 Å². The van der Waals surface area contributed by atoms with E-state index >= 15 is 0 Å². The number of aliphatic imine (C=N–C) groups is 1. The largest absolute Gasteiger partial charge is 0.435 e. The van der Waals surface area contributed by atoms with Crippen LogP contribution in [-0.2, 0) is 4.74 Å². The van der Waals surface area contributed by atoms with E-state index in [1.54, 1.807) is 29.7 Å². The zero-order chi connectivity index (χ0) is 20.1. The number of ether oxygens (including phenoxy) is 2. The van der Waals surface area contributed by atoms with Crippen molar-refractivity contribution in [1.82, 2.24) is 4.98 Å². The first-order valence-electron chi connectivity index (χ1n) is 9.17. The van der Waals surface area contributed by atoms with Gasteiger partial charge in [-0.05, 0) is 24.3 Å². The molecule has 0 N–H and O–H groups in total. The van der Waals surface area contributed by atoms with Crippen molar-refractivity contribution in [1.29, 1.82) is 0 Å². The fourth-order valence-electron chi connectivity index (χ4n) is 2.95. The van der Waals surface area contributed by atoms with Crippen LogP contribution in [0.5, 0.6) is 5.75 Å². The molecule has 4 rings (SSSR count). The van der Waals surface area contributed by atoms with E-state index in [1.807, 2.05) is 30.3 Å². The molecule has 5 nitrogen and oxygen atoms in total. The molecule has 0 amide bonds. The summed E-state index contributed by atoms with van der Waals surface area (Å²) >= 11 is 1.58. The Morgan fingerprint density at radius 2 is 1.79 bits per heavy atom. The van der Waals surface area contributed by atoms with Gasteiger partial charge in [0.1, 0.15) is 5.75 Å². The Bertz CT molecular complexity index is 956. The summed E-state index contributed by atoms with van der Waals surface area (Å²) in [7, 11) is 0.